The summed E-state index contributed by atoms with van der Waals surface area (Å²) < 4.78 is 0. The van der Waals surface area contributed by atoms with E-state index in [1.54, 1.807) is 0 Å². The molecule has 0 spiro atoms. The first kappa shape index (κ1) is 10.0. The first-order chi connectivity index (χ1) is 5.72. The highest BCUT2D eigenvalue weighted by molar-refractivity contribution is 4.92. The molecule has 0 aromatic carbocycles. The SMILES string of the molecule is CCCC1(CC(C)CC)CNC1. The van der Waals surface area contributed by atoms with E-state index >= 15 is 0 Å². The van der Waals surface area contributed by atoms with Crippen molar-refractivity contribution in [2.45, 2.75) is 46.5 Å². The molecule has 1 aliphatic rings. The standard InChI is InChI=1S/C11H23N/c1-4-6-11(8-12-9-11)7-10(3)5-2/h10,12H,4-9H2,1-3H3. The topological polar surface area (TPSA) is 12.0 Å². The summed E-state index contributed by atoms with van der Waals surface area (Å²) in [6, 6.07) is 0. The Bertz CT molecular complexity index is 127. The normalized spacial score (nSPS) is 23.2. The molecule has 1 heteroatoms. The maximum Gasteiger partial charge on any atom is 0.00203 e. The molecule has 0 amide bonds. The van der Waals surface area contributed by atoms with E-state index in [0.29, 0.717) is 5.41 Å². The fraction of sp³-hybridized carbons (Fsp3) is 1.00. The zero-order chi connectivity index (χ0) is 9.03. The van der Waals surface area contributed by atoms with Gasteiger partial charge in [-0.3, -0.25) is 0 Å². The molecule has 0 saturated carbocycles. The van der Waals surface area contributed by atoms with E-state index in [4.69, 9.17) is 0 Å². The van der Waals surface area contributed by atoms with Crippen LogP contribution in [0.5, 0.6) is 0 Å². The van der Waals surface area contributed by atoms with E-state index in [1.165, 1.54) is 38.8 Å². The molecule has 72 valence electrons. The minimum atomic E-state index is 0.685. The van der Waals surface area contributed by atoms with Gasteiger partial charge in [-0.2, -0.15) is 0 Å². The number of hydrogen-bond acceptors (Lipinski definition) is 1. The van der Waals surface area contributed by atoms with Crippen LogP contribution in [-0.2, 0) is 0 Å². The third kappa shape index (κ3) is 2.22. The van der Waals surface area contributed by atoms with E-state index in [2.05, 4.69) is 26.1 Å². The van der Waals surface area contributed by atoms with E-state index < -0.39 is 0 Å². The van der Waals surface area contributed by atoms with Crippen molar-refractivity contribution in [3.8, 4) is 0 Å². The second-order valence-corrected chi connectivity index (χ2v) is 4.57. The van der Waals surface area contributed by atoms with Gasteiger partial charge in [-0.05, 0) is 24.2 Å². The molecule has 1 saturated heterocycles. The Morgan fingerprint density at radius 1 is 1.33 bits per heavy atom. The number of nitrogens with one attached hydrogen (secondary N) is 1. The number of hydrogen-bond donors (Lipinski definition) is 1. The maximum atomic E-state index is 3.42. The third-order valence-corrected chi connectivity index (χ3v) is 3.26. The zero-order valence-electron chi connectivity index (χ0n) is 8.82. The van der Waals surface area contributed by atoms with Gasteiger partial charge < -0.3 is 5.32 Å². The first-order valence-electron chi connectivity index (χ1n) is 5.43. The molecule has 1 rings (SSSR count). The highest BCUT2D eigenvalue weighted by atomic mass is 15.0. The van der Waals surface area contributed by atoms with Gasteiger partial charge in [0, 0.05) is 13.1 Å². The summed E-state index contributed by atoms with van der Waals surface area (Å²) in [6.07, 6.45) is 5.54. The lowest BCUT2D eigenvalue weighted by Crippen LogP contribution is -2.53. The van der Waals surface area contributed by atoms with Gasteiger partial charge in [0.25, 0.3) is 0 Å². The summed E-state index contributed by atoms with van der Waals surface area (Å²) >= 11 is 0. The molecule has 12 heavy (non-hydrogen) atoms. The maximum absolute atomic E-state index is 3.42. The van der Waals surface area contributed by atoms with Crippen LogP contribution in [0.2, 0.25) is 0 Å². The number of rotatable bonds is 5. The second kappa shape index (κ2) is 4.27. The largest absolute Gasteiger partial charge is 0.316 e. The molecule has 0 aromatic heterocycles. The fourth-order valence-electron chi connectivity index (χ4n) is 2.32. The molecule has 1 unspecified atom stereocenters. The van der Waals surface area contributed by atoms with E-state index in [1.807, 2.05) is 0 Å². The molecule has 1 aliphatic heterocycles. The molecular weight excluding hydrogens is 146 g/mol. The van der Waals surface area contributed by atoms with Crippen LogP contribution in [0.25, 0.3) is 0 Å². The van der Waals surface area contributed by atoms with Crippen LogP contribution < -0.4 is 5.32 Å². The van der Waals surface area contributed by atoms with Gasteiger partial charge in [0.1, 0.15) is 0 Å². The van der Waals surface area contributed by atoms with Crippen molar-refractivity contribution in [3.63, 3.8) is 0 Å². The zero-order valence-corrected chi connectivity index (χ0v) is 8.82. The minimum absolute atomic E-state index is 0.685. The van der Waals surface area contributed by atoms with Gasteiger partial charge in [0.05, 0.1) is 0 Å². The Labute approximate surface area is 76.9 Å². The molecule has 1 N–H and O–H groups in total. The second-order valence-electron chi connectivity index (χ2n) is 4.57. The smallest absolute Gasteiger partial charge is 0.00203 e. The first-order valence-corrected chi connectivity index (χ1v) is 5.43. The Kier molecular flexibility index (Phi) is 3.57. The molecule has 0 bridgehead atoms. The van der Waals surface area contributed by atoms with Crippen molar-refractivity contribution in [3.05, 3.63) is 0 Å². The Balaban J connectivity index is 2.33. The molecule has 1 atom stereocenters. The van der Waals surface area contributed by atoms with Crippen molar-refractivity contribution in [1.82, 2.24) is 5.32 Å². The lowest BCUT2D eigenvalue weighted by atomic mass is 9.71. The summed E-state index contributed by atoms with van der Waals surface area (Å²) in [5.41, 5.74) is 0.685. The van der Waals surface area contributed by atoms with Gasteiger partial charge in [-0.25, -0.2) is 0 Å². The molecule has 0 aliphatic carbocycles. The van der Waals surface area contributed by atoms with Crippen molar-refractivity contribution in [2.75, 3.05) is 13.1 Å². The van der Waals surface area contributed by atoms with Gasteiger partial charge >= 0.3 is 0 Å². The van der Waals surface area contributed by atoms with Crippen molar-refractivity contribution in [1.29, 1.82) is 0 Å². The van der Waals surface area contributed by atoms with Crippen LogP contribution in [-0.4, -0.2) is 13.1 Å². The van der Waals surface area contributed by atoms with Crippen LogP contribution in [0.1, 0.15) is 46.5 Å². The van der Waals surface area contributed by atoms with E-state index in [9.17, 15) is 0 Å². The van der Waals surface area contributed by atoms with Crippen LogP contribution >= 0.6 is 0 Å². The fourth-order valence-corrected chi connectivity index (χ4v) is 2.32. The summed E-state index contributed by atoms with van der Waals surface area (Å²) in [6.45, 7) is 9.53. The molecule has 1 nitrogen and oxygen atoms in total. The molecular formula is C11H23N. The average molecular weight is 169 g/mol. The van der Waals surface area contributed by atoms with Gasteiger partial charge in [0.15, 0.2) is 0 Å². The Morgan fingerprint density at radius 2 is 2.00 bits per heavy atom. The quantitative estimate of drug-likeness (QED) is 0.667. The third-order valence-electron chi connectivity index (χ3n) is 3.26. The van der Waals surface area contributed by atoms with Crippen LogP contribution in [0.15, 0.2) is 0 Å². The summed E-state index contributed by atoms with van der Waals surface area (Å²) in [7, 11) is 0. The highest BCUT2D eigenvalue weighted by Gasteiger charge is 2.36. The average Bonchev–Trinajstić information content (AvgIpc) is 2.00. The van der Waals surface area contributed by atoms with Gasteiger partial charge in [-0.1, -0.05) is 33.6 Å². The Morgan fingerprint density at radius 3 is 2.33 bits per heavy atom. The highest BCUT2D eigenvalue weighted by Crippen LogP contribution is 2.36. The van der Waals surface area contributed by atoms with Crippen molar-refractivity contribution >= 4 is 0 Å². The van der Waals surface area contributed by atoms with E-state index in [0.717, 1.165) is 5.92 Å². The predicted molar refractivity (Wildman–Crippen MR) is 54.3 cm³/mol. The molecule has 0 radical (unpaired) electrons. The molecule has 0 aromatic rings. The van der Waals surface area contributed by atoms with Gasteiger partial charge in [0.2, 0.25) is 0 Å². The minimum Gasteiger partial charge on any atom is -0.316 e. The Hall–Kier alpha value is -0.0400. The predicted octanol–water partition coefficient (Wildman–Crippen LogP) is 2.81. The van der Waals surface area contributed by atoms with Crippen molar-refractivity contribution < 1.29 is 0 Å². The molecule has 1 heterocycles. The van der Waals surface area contributed by atoms with E-state index in [-0.39, 0.29) is 0 Å². The lowest BCUT2D eigenvalue weighted by Gasteiger charge is -2.44. The molecule has 1 fully saturated rings. The van der Waals surface area contributed by atoms with Gasteiger partial charge in [-0.15, -0.1) is 0 Å². The summed E-state index contributed by atoms with van der Waals surface area (Å²) in [5.74, 6) is 0.915. The van der Waals surface area contributed by atoms with Crippen LogP contribution in [0.3, 0.4) is 0 Å². The van der Waals surface area contributed by atoms with Crippen LogP contribution in [0.4, 0.5) is 0 Å². The monoisotopic (exact) mass is 169 g/mol. The van der Waals surface area contributed by atoms with Crippen LogP contribution in [0, 0.1) is 11.3 Å². The van der Waals surface area contributed by atoms with Crippen molar-refractivity contribution in [2.24, 2.45) is 11.3 Å². The lowest BCUT2D eigenvalue weighted by molar-refractivity contribution is 0.112. The summed E-state index contributed by atoms with van der Waals surface area (Å²) in [4.78, 5) is 0. The summed E-state index contributed by atoms with van der Waals surface area (Å²) in [5, 5.41) is 3.42.